The number of anilines is 1. The Morgan fingerprint density at radius 2 is 1.95 bits per heavy atom. The maximum Gasteiger partial charge on any atom is 0.226 e. The summed E-state index contributed by atoms with van der Waals surface area (Å²) in [7, 11) is 5.72. The van der Waals surface area contributed by atoms with E-state index in [0.717, 1.165) is 6.54 Å². The molecule has 1 aromatic heterocycles. The number of likely N-dealkylation sites (N-methyl/N-ethyl adjacent to an activating group) is 1. The fourth-order valence-corrected chi connectivity index (χ4v) is 2.00. The number of methoxy groups -OCH3 is 1. The third kappa shape index (κ3) is 3.68. The Labute approximate surface area is 119 Å². The van der Waals surface area contributed by atoms with Gasteiger partial charge in [0, 0.05) is 18.8 Å². The van der Waals surface area contributed by atoms with Crippen molar-refractivity contribution in [1.29, 1.82) is 0 Å². The zero-order valence-corrected chi connectivity index (χ0v) is 12.1. The van der Waals surface area contributed by atoms with E-state index in [1.807, 2.05) is 18.2 Å². The molecule has 0 fully saturated rings. The Bertz CT molecular complexity index is 530. The van der Waals surface area contributed by atoms with E-state index in [9.17, 15) is 0 Å². The Kier molecular flexibility index (Phi) is 4.90. The average Bonchev–Trinajstić information content (AvgIpc) is 2.48. The van der Waals surface area contributed by atoms with E-state index < -0.39 is 0 Å². The largest absolute Gasteiger partial charge is 0.481 e. The number of hydrogen-bond donors (Lipinski definition) is 1. The van der Waals surface area contributed by atoms with Gasteiger partial charge in [0.15, 0.2) is 0 Å². The van der Waals surface area contributed by atoms with Gasteiger partial charge < -0.3 is 15.0 Å². The van der Waals surface area contributed by atoms with Crippen LogP contribution in [0.5, 0.6) is 5.88 Å². The summed E-state index contributed by atoms with van der Waals surface area (Å²) >= 11 is 0. The molecule has 1 aromatic carbocycles. The molecule has 106 valence electrons. The van der Waals surface area contributed by atoms with Crippen LogP contribution in [0.2, 0.25) is 0 Å². The van der Waals surface area contributed by atoms with Crippen LogP contribution < -0.4 is 10.1 Å². The van der Waals surface area contributed by atoms with Crippen LogP contribution in [0.3, 0.4) is 0 Å². The van der Waals surface area contributed by atoms with Crippen LogP contribution >= 0.6 is 0 Å². The Hall–Kier alpha value is -2.14. The Morgan fingerprint density at radius 3 is 2.60 bits per heavy atom. The molecule has 0 bridgehead atoms. The molecule has 0 aliphatic heterocycles. The molecule has 20 heavy (non-hydrogen) atoms. The lowest BCUT2D eigenvalue weighted by Crippen LogP contribution is -2.27. The van der Waals surface area contributed by atoms with Crippen molar-refractivity contribution >= 4 is 5.95 Å². The number of benzene rings is 1. The van der Waals surface area contributed by atoms with E-state index in [-0.39, 0.29) is 6.04 Å². The lowest BCUT2D eigenvalue weighted by atomic mass is 10.1. The first-order valence-corrected chi connectivity index (χ1v) is 6.53. The number of aromatic nitrogens is 2. The third-order valence-corrected chi connectivity index (χ3v) is 3.10. The standard InChI is InChI=1S/C15H20N4O/c1-19(2)13(12-7-5-4-6-8-12)11-17-15-16-10-9-14(18-15)20-3/h4-10,13H,11H2,1-3H3,(H,16,17,18)/t13-/m0/s1. The predicted octanol–water partition coefficient (Wildman–Crippen LogP) is 2.20. The van der Waals surface area contributed by atoms with E-state index in [1.165, 1.54) is 5.56 Å². The summed E-state index contributed by atoms with van der Waals surface area (Å²) in [6.07, 6.45) is 1.68. The van der Waals surface area contributed by atoms with E-state index in [0.29, 0.717) is 11.8 Å². The van der Waals surface area contributed by atoms with Gasteiger partial charge in [-0.3, -0.25) is 0 Å². The van der Waals surface area contributed by atoms with Crippen molar-refractivity contribution in [3.05, 3.63) is 48.2 Å². The van der Waals surface area contributed by atoms with Gasteiger partial charge in [0.1, 0.15) is 0 Å². The first-order chi connectivity index (χ1) is 9.70. The van der Waals surface area contributed by atoms with Gasteiger partial charge in [-0.25, -0.2) is 4.98 Å². The molecule has 1 atom stereocenters. The number of hydrogen-bond acceptors (Lipinski definition) is 5. The van der Waals surface area contributed by atoms with E-state index in [4.69, 9.17) is 4.74 Å². The van der Waals surface area contributed by atoms with E-state index >= 15 is 0 Å². The maximum absolute atomic E-state index is 5.09. The molecule has 5 heteroatoms. The van der Waals surface area contributed by atoms with Crippen molar-refractivity contribution in [3.63, 3.8) is 0 Å². The quantitative estimate of drug-likeness (QED) is 0.873. The van der Waals surface area contributed by atoms with Crippen LogP contribution in [0.4, 0.5) is 5.95 Å². The van der Waals surface area contributed by atoms with Gasteiger partial charge in [-0.2, -0.15) is 4.98 Å². The molecule has 5 nitrogen and oxygen atoms in total. The van der Waals surface area contributed by atoms with Crippen LogP contribution in [-0.2, 0) is 0 Å². The van der Waals surface area contributed by atoms with Gasteiger partial charge in [-0.05, 0) is 19.7 Å². The molecular formula is C15H20N4O. The molecule has 2 rings (SSSR count). The fraction of sp³-hybridized carbons (Fsp3) is 0.333. The minimum Gasteiger partial charge on any atom is -0.481 e. The molecule has 0 saturated carbocycles. The molecule has 1 heterocycles. The Morgan fingerprint density at radius 1 is 1.20 bits per heavy atom. The minimum absolute atomic E-state index is 0.256. The zero-order valence-electron chi connectivity index (χ0n) is 12.1. The molecule has 0 aliphatic carbocycles. The van der Waals surface area contributed by atoms with Gasteiger partial charge in [0.2, 0.25) is 11.8 Å². The molecule has 2 aromatic rings. The normalized spacial score (nSPS) is 12.2. The molecule has 0 saturated heterocycles. The topological polar surface area (TPSA) is 50.3 Å². The zero-order chi connectivity index (χ0) is 14.4. The molecule has 0 aliphatic rings. The SMILES string of the molecule is COc1ccnc(NC[C@@H](c2ccccc2)N(C)C)n1. The average molecular weight is 272 g/mol. The third-order valence-electron chi connectivity index (χ3n) is 3.10. The number of nitrogens with one attached hydrogen (secondary N) is 1. The smallest absolute Gasteiger partial charge is 0.226 e. The van der Waals surface area contributed by atoms with Crippen LogP contribution in [-0.4, -0.2) is 42.6 Å². The van der Waals surface area contributed by atoms with Gasteiger partial charge in [-0.15, -0.1) is 0 Å². The lowest BCUT2D eigenvalue weighted by Gasteiger charge is -2.25. The summed E-state index contributed by atoms with van der Waals surface area (Å²) in [5, 5.41) is 3.26. The van der Waals surface area contributed by atoms with Crippen LogP contribution in [0.1, 0.15) is 11.6 Å². The summed E-state index contributed by atoms with van der Waals surface area (Å²) in [6, 6.07) is 12.4. The van der Waals surface area contributed by atoms with Crippen molar-refractivity contribution in [1.82, 2.24) is 14.9 Å². The molecule has 0 radical (unpaired) electrons. The molecule has 1 N–H and O–H groups in total. The van der Waals surface area contributed by atoms with Gasteiger partial charge in [0.05, 0.1) is 13.2 Å². The first-order valence-electron chi connectivity index (χ1n) is 6.53. The summed E-state index contributed by atoms with van der Waals surface area (Å²) in [5.74, 6) is 1.13. The summed E-state index contributed by atoms with van der Waals surface area (Å²) in [5.41, 5.74) is 1.26. The van der Waals surface area contributed by atoms with Gasteiger partial charge in [-0.1, -0.05) is 30.3 Å². The maximum atomic E-state index is 5.09. The highest BCUT2D eigenvalue weighted by Crippen LogP contribution is 2.18. The highest BCUT2D eigenvalue weighted by atomic mass is 16.5. The first kappa shape index (κ1) is 14.3. The van der Waals surface area contributed by atoms with E-state index in [1.54, 1.807) is 19.4 Å². The highest BCUT2D eigenvalue weighted by Gasteiger charge is 2.14. The monoisotopic (exact) mass is 272 g/mol. The Balaban J connectivity index is 2.06. The van der Waals surface area contributed by atoms with Crippen molar-refractivity contribution in [2.24, 2.45) is 0 Å². The second kappa shape index (κ2) is 6.86. The van der Waals surface area contributed by atoms with Gasteiger partial charge in [0.25, 0.3) is 0 Å². The predicted molar refractivity (Wildman–Crippen MR) is 79.9 cm³/mol. The summed E-state index contributed by atoms with van der Waals surface area (Å²) < 4.78 is 5.09. The van der Waals surface area contributed by atoms with Crippen LogP contribution in [0.25, 0.3) is 0 Å². The summed E-state index contributed by atoms with van der Waals surface area (Å²) in [4.78, 5) is 10.6. The molecule has 0 spiro atoms. The minimum atomic E-state index is 0.256. The van der Waals surface area contributed by atoms with E-state index in [2.05, 4.69) is 46.4 Å². The number of rotatable bonds is 6. The van der Waals surface area contributed by atoms with Crippen LogP contribution in [0.15, 0.2) is 42.6 Å². The van der Waals surface area contributed by atoms with Crippen molar-refractivity contribution in [2.75, 3.05) is 33.1 Å². The van der Waals surface area contributed by atoms with Crippen molar-refractivity contribution in [3.8, 4) is 5.88 Å². The van der Waals surface area contributed by atoms with Gasteiger partial charge >= 0.3 is 0 Å². The lowest BCUT2D eigenvalue weighted by molar-refractivity contribution is 0.311. The molecule has 0 unspecified atom stereocenters. The summed E-state index contributed by atoms with van der Waals surface area (Å²) in [6.45, 7) is 0.726. The second-order valence-corrected chi connectivity index (χ2v) is 4.69. The molecular weight excluding hydrogens is 252 g/mol. The number of nitrogens with zero attached hydrogens (tertiary/aromatic N) is 3. The fourth-order valence-electron chi connectivity index (χ4n) is 2.00. The van der Waals surface area contributed by atoms with Crippen LogP contribution in [0, 0.1) is 0 Å². The molecule has 0 amide bonds. The van der Waals surface area contributed by atoms with Crippen molar-refractivity contribution in [2.45, 2.75) is 6.04 Å². The second-order valence-electron chi connectivity index (χ2n) is 4.69. The van der Waals surface area contributed by atoms with Crippen molar-refractivity contribution < 1.29 is 4.74 Å². The highest BCUT2D eigenvalue weighted by molar-refractivity contribution is 5.29. The number of ether oxygens (including phenoxy) is 1.